The fraction of sp³-hybridized carbons (Fsp3) is 0.500. The average molecular weight is 185 g/mol. The molecule has 0 N–H and O–H groups in total. The zero-order chi connectivity index (χ0) is 8.27. The molecule has 11 heavy (non-hydrogen) atoms. The van der Waals surface area contributed by atoms with Crippen LogP contribution < -0.4 is 0 Å². The SMILES string of the molecule is C=CCCN1C(=S)CCC1=S. The number of thiocarbonyl (C=S) groups is 2. The van der Waals surface area contributed by atoms with Crippen LogP contribution in [-0.2, 0) is 0 Å². The minimum atomic E-state index is 0.918. The molecular formula is C8H11NS2. The smallest absolute Gasteiger partial charge is 0.0831 e. The van der Waals surface area contributed by atoms with E-state index in [2.05, 4.69) is 6.58 Å². The zero-order valence-corrected chi connectivity index (χ0v) is 8.01. The first-order valence-electron chi connectivity index (χ1n) is 3.70. The van der Waals surface area contributed by atoms with Gasteiger partial charge in [-0.1, -0.05) is 30.5 Å². The predicted octanol–water partition coefficient (Wildman–Crippen LogP) is 2.31. The van der Waals surface area contributed by atoms with E-state index in [1.165, 1.54) is 0 Å². The zero-order valence-electron chi connectivity index (χ0n) is 6.38. The van der Waals surface area contributed by atoms with Crippen molar-refractivity contribution in [1.82, 2.24) is 4.90 Å². The van der Waals surface area contributed by atoms with Crippen molar-refractivity contribution >= 4 is 34.4 Å². The van der Waals surface area contributed by atoms with E-state index in [1.807, 2.05) is 11.0 Å². The molecule has 0 atom stereocenters. The van der Waals surface area contributed by atoms with E-state index in [9.17, 15) is 0 Å². The van der Waals surface area contributed by atoms with Gasteiger partial charge in [0.25, 0.3) is 0 Å². The molecule has 0 saturated carbocycles. The standard InChI is InChI=1S/C8H11NS2/c1-2-3-6-9-7(10)4-5-8(9)11/h2H,1,3-6H2. The van der Waals surface area contributed by atoms with Crippen molar-refractivity contribution in [3.05, 3.63) is 12.7 Å². The van der Waals surface area contributed by atoms with Gasteiger partial charge in [-0.2, -0.15) is 0 Å². The third-order valence-electron chi connectivity index (χ3n) is 1.71. The maximum absolute atomic E-state index is 5.13. The minimum Gasteiger partial charge on any atom is -0.330 e. The summed E-state index contributed by atoms with van der Waals surface area (Å²) in [6.07, 6.45) is 4.78. The van der Waals surface area contributed by atoms with E-state index < -0.39 is 0 Å². The molecule has 1 rings (SSSR count). The van der Waals surface area contributed by atoms with Crippen molar-refractivity contribution < 1.29 is 0 Å². The molecule has 0 unspecified atom stereocenters. The molecule has 0 radical (unpaired) electrons. The minimum absolute atomic E-state index is 0.918. The maximum Gasteiger partial charge on any atom is 0.0831 e. The van der Waals surface area contributed by atoms with Gasteiger partial charge in [0.05, 0.1) is 9.98 Å². The first-order chi connectivity index (χ1) is 5.25. The molecule has 1 heterocycles. The highest BCUT2D eigenvalue weighted by Gasteiger charge is 2.20. The van der Waals surface area contributed by atoms with Crippen molar-refractivity contribution in [1.29, 1.82) is 0 Å². The molecular weight excluding hydrogens is 174 g/mol. The van der Waals surface area contributed by atoms with Gasteiger partial charge in [-0.05, 0) is 6.42 Å². The van der Waals surface area contributed by atoms with Crippen LogP contribution >= 0.6 is 24.4 Å². The molecule has 0 bridgehead atoms. The molecule has 0 aromatic heterocycles. The highest BCUT2D eigenvalue weighted by molar-refractivity contribution is 7.82. The number of hydrogen-bond donors (Lipinski definition) is 0. The Bertz CT molecular complexity index is 182. The molecule has 1 nitrogen and oxygen atoms in total. The van der Waals surface area contributed by atoms with E-state index in [0.29, 0.717) is 0 Å². The van der Waals surface area contributed by atoms with Gasteiger partial charge < -0.3 is 4.90 Å². The first kappa shape index (κ1) is 8.81. The third kappa shape index (κ3) is 2.07. The van der Waals surface area contributed by atoms with E-state index in [1.54, 1.807) is 0 Å². The molecule has 0 spiro atoms. The van der Waals surface area contributed by atoms with E-state index in [4.69, 9.17) is 24.4 Å². The number of nitrogens with zero attached hydrogens (tertiary/aromatic N) is 1. The van der Waals surface area contributed by atoms with Crippen LogP contribution in [0, 0.1) is 0 Å². The Morgan fingerprint density at radius 3 is 2.36 bits per heavy atom. The number of likely N-dealkylation sites (tertiary alicyclic amines) is 1. The van der Waals surface area contributed by atoms with Crippen LogP contribution in [0.1, 0.15) is 19.3 Å². The molecule has 0 amide bonds. The molecule has 1 aliphatic rings. The second kappa shape index (κ2) is 3.93. The Morgan fingerprint density at radius 1 is 1.36 bits per heavy atom. The van der Waals surface area contributed by atoms with Crippen molar-refractivity contribution in [2.75, 3.05) is 6.54 Å². The largest absolute Gasteiger partial charge is 0.330 e. The van der Waals surface area contributed by atoms with Crippen molar-refractivity contribution in [3.8, 4) is 0 Å². The lowest BCUT2D eigenvalue weighted by molar-refractivity contribution is 0.640. The summed E-state index contributed by atoms with van der Waals surface area (Å²) in [5.74, 6) is 0. The molecule has 3 heteroatoms. The van der Waals surface area contributed by atoms with Crippen molar-refractivity contribution in [2.45, 2.75) is 19.3 Å². The summed E-state index contributed by atoms with van der Waals surface area (Å²) in [5.41, 5.74) is 0. The molecule has 0 aromatic rings. The maximum atomic E-state index is 5.13. The van der Waals surface area contributed by atoms with Crippen LogP contribution in [0.3, 0.4) is 0 Å². The van der Waals surface area contributed by atoms with Gasteiger partial charge in [0.15, 0.2) is 0 Å². The van der Waals surface area contributed by atoms with Gasteiger partial charge in [-0.3, -0.25) is 0 Å². The highest BCUT2D eigenvalue weighted by atomic mass is 32.1. The topological polar surface area (TPSA) is 3.24 Å². The molecule has 0 aliphatic carbocycles. The van der Waals surface area contributed by atoms with Gasteiger partial charge >= 0.3 is 0 Å². The molecule has 1 fully saturated rings. The fourth-order valence-corrected chi connectivity index (χ4v) is 1.76. The van der Waals surface area contributed by atoms with Gasteiger partial charge in [-0.15, -0.1) is 6.58 Å². The summed E-state index contributed by atoms with van der Waals surface area (Å²) in [5, 5.41) is 0. The molecule has 1 aliphatic heterocycles. The Balaban J connectivity index is 2.47. The van der Waals surface area contributed by atoms with Crippen LogP contribution in [-0.4, -0.2) is 21.4 Å². The summed E-state index contributed by atoms with van der Waals surface area (Å²) in [6.45, 7) is 4.58. The second-order valence-corrected chi connectivity index (χ2v) is 3.46. The Labute approximate surface area is 78.1 Å². The predicted molar refractivity (Wildman–Crippen MR) is 56.0 cm³/mol. The Hall–Kier alpha value is -0.280. The second-order valence-electron chi connectivity index (χ2n) is 2.52. The van der Waals surface area contributed by atoms with Crippen LogP contribution in [0.4, 0.5) is 0 Å². The van der Waals surface area contributed by atoms with Gasteiger partial charge in [0.2, 0.25) is 0 Å². The normalized spacial score (nSPS) is 17.6. The molecule has 0 aromatic carbocycles. The summed E-state index contributed by atoms with van der Waals surface area (Å²) in [7, 11) is 0. The number of hydrogen-bond acceptors (Lipinski definition) is 2. The first-order valence-corrected chi connectivity index (χ1v) is 4.51. The summed E-state index contributed by atoms with van der Waals surface area (Å²) >= 11 is 10.3. The summed E-state index contributed by atoms with van der Waals surface area (Å²) < 4.78 is 0. The van der Waals surface area contributed by atoms with Crippen LogP contribution in [0.15, 0.2) is 12.7 Å². The van der Waals surface area contributed by atoms with Crippen LogP contribution in [0.2, 0.25) is 0 Å². The van der Waals surface area contributed by atoms with Gasteiger partial charge in [0, 0.05) is 19.4 Å². The van der Waals surface area contributed by atoms with E-state index in [-0.39, 0.29) is 0 Å². The third-order valence-corrected chi connectivity index (χ3v) is 2.56. The fourth-order valence-electron chi connectivity index (χ4n) is 1.09. The van der Waals surface area contributed by atoms with Crippen molar-refractivity contribution in [3.63, 3.8) is 0 Å². The van der Waals surface area contributed by atoms with Crippen LogP contribution in [0.25, 0.3) is 0 Å². The molecule has 60 valence electrons. The van der Waals surface area contributed by atoms with E-state index in [0.717, 1.165) is 35.8 Å². The Morgan fingerprint density at radius 2 is 1.91 bits per heavy atom. The Kier molecular flexibility index (Phi) is 3.15. The summed E-state index contributed by atoms with van der Waals surface area (Å²) in [4.78, 5) is 4.04. The van der Waals surface area contributed by atoms with Crippen LogP contribution in [0.5, 0.6) is 0 Å². The lowest BCUT2D eigenvalue weighted by Gasteiger charge is -2.16. The number of rotatable bonds is 3. The lowest BCUT2D eigenvalue weighted by Crippen LogP contribution is -2.27. The van der Waals surface area contributed by atoms with E-state index >= 15 is 0 Å². The monoisotopic (exact) mass is 185 g/mol. The summed E-state index contributed by atoms with van der Waals surface area (Å²) in [6, 6.07) is 0. The lowest BCUT2D eigenvalue weighted by atomic mass is 10.4. The quantitative estimate of drug-likeness (QED) is 0.491. The highest BCUT2D eigenvalue weighted by Crippen LogP contribution is 2.15. The van der Waals surface area contributed by atoms with Gasteiger partial charge in [-0.25, -0.2) is 0 Å². The van der Waals surface area contributed by atoms with Crippen molar-refractivity contribution in [2.24, 2.45) is 0 Å². The van der Waals surface area contributed by atoms with Gasteiger partial charge in [0.1, 0.15) is 0 Å². The average Bonchev–Trinajstić information content (AvgIpc) is 2.29. The molecule has 1 saturated heterocycles.